The molecular weight excluding hydrogens is 390 g/mol. The van der Waals surface area contributed by atoms with E-state index in [9.17, 15) is 9.90 Å². The summed E-state index contributed by atoms with van der Waals surface area (Å²) in [5.74, 6) is 0.244. The molecule has 1 aliphatic heterocycles. The Bertz CT molecular complexity index is 897. The standard InChI is InChI=1S/C22H21NO3S2/c1-22(25)12-17(26-18(24)13-22)14-27-21-23-19(15-8-4-2-5-9-15)20(28-21)16-10-6-3-7-11-16/h2-11,17,25H,12-14H2,1H3/t17-,22-/m0/s1. The van der Waals surface area contributed by atoms with E-state index in [-0.39, 0.29) is 18.5 Å². The van der Waals surface area contributed by atoms with Crippen LogP contribution in [0.1, 0.15) is 19.8 Å². The van der Waals surface area contributed by atoms with E-state index in [0.29, 0.717) is 12.2 Å². The van der Waals surface area contributed by atoms with E-state index in [0.717, 1.165) is 26.0 Å². The molecule has 4 nitrogen and oxygen atoms in total. The van der Waals surface area contributed by atoms with Gasteiger partial charge in [-0.05, 0) is 12.5 Å². The lowest BCUT2D eigenvalue weighted by Gasteiger charge is -2.32. The average Bonchev–Trinajstić information content (AvgIpc) is 3.11. The summed E-state index contributed by atoms with van der Waals surface area (Å²) < 4.78 is 6.34. The first kappa shape index (κ1) is 19.2. The lowest BCUT2D eigenvalue weighted by molar-refractivity contribution is -0.165. The highest BCUT2D eigenvalue weighted by Gasteiger charge is 2.36. The summed E-state index contributed by atoms with van der Waals surface area (Å²) >= 11 is 3.22. The summed E-state index contributed by atoms with van der Waals surface area (Å²) in [5.41, 5.74) is 2.19. The van der Waals surface area contributed by atoms with E-state index >= 15 is 0 Å². The molecule has 4 rings (SSSR count). The van der Waals surface area contributed by atoms with Crippen molar-refractivity contribution in [2.75, 3.05) is 5.75 Å². The van der Waals surface area contributed by atoms with Gasteiger partial charge in [0, 0.05) is 17.7 Å². The monoisotopic (exact) mass is 411 g/mol. The Balaban J connectivity index is 1.58. The van der Waals surface area contributed by atoms with E-state index in [1.165, 1.54) is 0 Å². The smallest absolute Gasteiger partial charge is 0.309 e. The third kappa shape index (κ3) is 4.46. The molecule has 144 valence electrons. The highest BCUT2D eigenvalue weighted by molar-refractivity contribution is 8.01. The Morgan fingerprint density at radius 2 is 1.79 bits per heavy atom. The summed E-state index contributed by atoms with van der Waals surface area (Å²) in [5, 5.41) is 10.2. The Morgan fingerprint density at radius 1 is 1.14 bits per heavy atom. The zero-order valence-corrected chi connectivity index (χ0v) is 17.1. The molecule has 0 unspecified atom stereocenters. The molecule has 2 aromatic carbocycles. The number of benzene rings is 2. The van der Waals surface area contributed by atoms with Gasteiger partial charge in [0.2, 0.25) is 0 Å². The highest BCUT2D eigenvalue weighted by atomic mass is 32.2. The Hall–Kier alpha value is -2.15. The number of thioether (sulfide) groups is 1. The summed E-state index contributed by atoms with van der Waals surface area (Å²) in [7, 11) is 0. The number of cyclic esters (lactones) is 1. The zero-order valence-electron chi connectivity index (χ0n) is 15.5. The first-order valence-electron chi connectivity index (χ1n) is 9.16. The third-order valence-corrected chi connectivity index (χ3v) is 6.95. The van der Waals surface area contributed by atoms with E-state index in [1.807, 2.05) is 36.4 Å². The van der Waals surface area contributed by atoms with Crippen molar-refractivity contribution in [2.24, 2.45) is 0 Å². The number of esters is 1. The van der Waals surface area contributed by atoms with Crippen molar-refractivity contribution in [3.63, 3.8) is 0 Å². The fraction of sp³-hybridized carbons (Fsp3) is 0.273. The Kier molecular flexibility index (Phi) is 5.53. The quantitative estimate of drug-likeness (QED) is 0.472. The topological polar surface area (TPSA) is 59.4 Å². The largest absolute Gasteiger partial charge is 0.461 e. The minimum Gasteiger partial charge on any atom is -0.461 e. The van der Waals surface area contributed by atoms with Crippen LogP contribution in [0.2, 0.25) is 0 Å². The first-order chi connectivity index (χ1) is 13.5. The van der Waals surface area contributed by atoms with Crippen molar-refractivity contribution in [3.05, 3.63) is 60.7 Å². The number of aliphatic hydroxyl groups is 1. The van der Waals surface area contributed by atoms with Crippen LogP contribution in [0, 0.1) is 0 Å². The summed E-state index contributed by atoms with van der Waals surface area (Å²) in [6, 6.07) is 20.4. The zero-order chi connectivity index (χ0) is 19.6. The highest BCUT2D eigenvalue weighted by Crippen LogP contribution is 2.41. The molecule has 2 atom stereocenters. The fourth-order valence-corrected chi connectivity index (χ4v) is 5.52. The second kappa shape index (κ2) is 8.07. The van der Waals surface area contributed by atoms with E-state index in [1.54, 1.807) is 30.0 Å². The van der Waals surface area contributed by atoms with Gasteiger partial charge in [0.15, 0.2) is 4.34 Å². The molecule has 1 aromatic heterocycles. The van der Waals surface area contributed by atoms with Crippen LogP contribution in [0.4, 0.5) is 0 Å². The number of aromatic nitrogens is 1. The maximum absolute atomic E-state index is 11.7. The number of carbonyl (C=O) groups excluding carboxylic acids is 1. The van der Waals surface area contributed by atoms with Gasteiger partial charge in [0.1, 0.15) is 6.10 Å². The predicted molar refractivity (Wildman–Crippen MR) is 113 cm³/mol. The lowest BCUT2D eigenvalue weighted by Crippen LogP contribution is -2.41. The number of hydrogen-bond acceptors (Lipinski definition) is 6. The molecular formula is C22H21NO3S2. The number of rotatable bonds is 5. The van der Waals surface area contributed by atoms with Gasteiger partial charge in [-0.15, -0.1) is 11.3 Å². The van der Waals surface area contributed by atoms with Crippen molar-refractivity contribution in [3.8, 4) is 21.7 Å². The maximum Gasteiger partial charge on any atom is 0.309 e. The molecule has 0 spiro atoms. The number of thiazole rings is 1. The molecule has 1 saturated heterocycles. The summed E-state index contributed by atoms with van der Waals surface area (Å²) in [4.78, 5) is 17.7. The molecule has 1 aliphatic rings. The first-order valence-corrected chi connectivity index (χ1v) is 11.0. The third-order valence-electron chi connectivity index (χ3n) is 4.57. The van der Waals surface area contributed by atoms with Crippen LogP contribution in [-0.2, 0) is 9.53 Å². The van der Waals surface area contributed by atoms with Crippen molar-refractivity contribution in [1.82, 2.24) is 4.98 Å². The molecule has 6 heteroatoms. The molecule has 1 N–H and O–H groups in total. The minimum atomic E-state index is -0.992. The van der Waals surface area contributed by atoms with Crippen LogP contribution in [0.3, 0.4) is 0 Å². The minimum absolute atomic E-state index is 0.0573. The van der Waals surface area contributed by atoms with Gasteiger partial charge in [0.25, 0.3) is 0 Å². The van der Waals surface area contributed by atoms with Gasteiger partial charge >= 0.3 is 5.97 Å². The summed E-state index contributed by atoms with van der Waals surface area (Å²) in [6.45, 7) is 1.69. The van der Waals surface area contributed by atoms with Crippen LogP contribution >= 0.6 is 23.1 Å². The normalized spacial score (nSPS) is 22.1. The number of ether oxygens (including phenoxy) is 1. The van der Waals surface area contributed by atoms with Crippen LogP contribution in [-0.4, -0.2) is 33.5 Å². The number of carbonyl (C=O) groups is 1. The summed E-state index contributed by atoms with van der Waals surface area (Å²) in [6.07, 6.45) is 0.209. The van der Waals surface area contributed by atoms with Crippen molar-refractivity contribution < 1.29 is 14.6 Å². The van der Waals surface area contributed by atoms with E-state index in [4.69, 9.17) is 9.72 Å². The lowest BCUT2D eigenvalue weighted by atomic mass is 9.93. The van der Waals surface area contributed by atoms with Crippen molar-refractivity contribution >= 4 is 29.1 Å². The van der Waals surface area contributed by atoms with Gasteiger partial charge < -0.3 is 9.84 Å². The second-order valence-corrected chi connectivity index (χ2v) is 9.46. The molecule has 1 fully saturated rings. The molecule has 0 bridgehead atoms. The van der Waals surface area contributed by atoms with Gasteiger partial charge in [-0.25, -0.2) is 4.98 Å². The molecule has 0 amide bonds. The Labute approximate surface area is 172 Å². The van der Waals surface area contributed by atoms with Gasteiger partial charge in [-0.3, -0.25) is 4.79 Å². The average molecular weight is 412 g/mol. The SMILES string of the molecule is C[C@@]1(O)CC(=O)O[C@H](CSc2nc(-c3ccccc3)c(-c3ccccc3)s2)C1. The van der Waals surface area contributed by atoms with Crippen LogP contribution in [0.25, 0.3) is 21.7 Å². The van der Waals surface area contributed by atoms with Gasteiger partial charge in [-0.2, -0.15) is 0 Å². The molecule has 0 saturated carbocycles. The van der Waals surface area contributed by atoms with Crippen molar-refractivity contribution in [1.29, 1.82) is 0 Å². The number of hydrogen-bond donors (Lipinski definition) is 1. The number of nitrogens with zero attached hydrogens (tertiary/aromatic N) is 1. The van der Waals surface area contributed by atoms with Gasteiger partial charge in [0.05, 0.1) is 22.6 Å². The van der Waals surface area contributed by atoms with Crippen molar-refractivity contribution in [2.45, 2.75) is 35.8 Å². The fourth-order valence-electron chi connectivity index (χ4n) is 3.34. The molecule has 28 heavy (non-hydrogen) atoms. The van der Waals surface area contributed by atoms with Crippen LogP contribution in [0.5, 0.6) is 0 Å². The van der Waals surface area contributed by atoms with Crippen LogP contribution in [0.15, 0.2) is 65.0 Å². The van der Waals surface area contributed by atoms with Crippen LogP contribution < -0.4 is 0 Å². The van der Waals surface area contributed by atoms with Gasteiger partial charge in [-0.1, -0.05) is 72.4 Å². The molecule has 0 aliphatic carbocycles. The molecule has 0 radical (unpaired) electrons. The second-order valence-electron chi connectivity index (χ2n) is 7.19. The van der Waals surface area contributed by atoms with E-state index in [2.05, 4.69) is 24.3 Å². The Morgan fingerprint density at radius 3 is 2.43 bits per heavy atom. The molecule has 3 aromatic rings. The molecule has 2 heterocycles. The van der Waals surface area contributed by atoms with E-state index < -0.39 is 5.60 Å². The predicted octanol–water partition coefficient (Wildman–Crippen LogP) is 5.03. The maximum atomic E-state index is 11.7.